The third kappa shape index (κ3) is 4.33. The lowest BCUT2D eigenvalue weighted by Gasteiger charge is -2.36. The van der Waals surface area contributed by atoms with Crippen LogP contribution in [0.25, 0.3) is 0 Å². The lowest BCUT2D eigenvalue weighted by atomic mass is 9.94. The summed E-state index contributed by atoms with van der Waals surface area (Å²) in [5, 5.41) is 0. The molecule has 0 unspecified atom stereocenters. The summed E-state index contributed by atoms with van der Waals surface area (Å²) in [6.45, 7) is 0.500. The van der Waals surface area contributed by atoms with Crippen molar-refractivity contribution in [2.75, 3.05) is 19.6 Å². The van der Waals surface area contributed by atoms with Gasteiger partial charge < -0.3 is 9.64 Å². The maximum Gasteiger partial charge on any atom is 0.387 e. The van der Waals surface area contributed by atoms with Crippen molar-refractivity contribution in [1.82, 2.24) is 9.80 Å². The second-order valence-electron chi connectivity index (χ2n) is 7.63. The van der Waals surface area contributed by atoms with Crippen LogP contribution in [-0.4, -0.2) is 48.0 Å². The van der Waals surface area contributed by atoms with Gasteiger partial charge in [0.05, 0.1) is 0 Å². The quantitative estimate of drug-likeness (QED) is 0.778. The van der Waals surface area contributed by atoms with E-state index in [4.69, 9.17) is 0 Å². The van der Waals surface area contributed by atoms with Crippen LogP contribution in [0.2, 0.25) is 0 Å². The van der Waals surface area contributed by atoms with Crippen molar-refractivity contribution >= 4 is 5.91 Å². The maximum atomic E-state index is 13.0. The van der Waals surface area contributed by atoms with Crippen LogP contribution >= 0.6 is 0 Å². The molecule has 148 valence electrons. The number of halogens is 2. The number of carbonyl (C=O) groups excluding carboxylic acids is 1. The molecule has 1 amide bonds. The standard InChI is InChI=1S/C22H24F2N2O2/c23-22(24)28-20-10-7-18(8-11-20)21(27)26-14-17-6-9-19(15-26)25(13-17)12-16-4-2-1-3-5-16/h1-5,7-8,10-11,17,19,22H,6,9,12-15H2/t17-,19-/m0/s1. The zero-order chi connectivity index (χ0) is 19.5. The molecule has 0 spiro atoms. The van der Waals surface area contributed by atoms with E-state index in [2.05, 4.69) is 33.9 Å². The van der Waals surface area contributed by atoms with Gasteiger partial charge in [-0.25, -0.2) is 0 Å². The summed E-state index contributed by atoms with van der Waals surface area (Å²) in [5.74, 6) is 0.492. The molecule has 3 fully saturated rings. The number of nitrogens with zero attached hydrogens (tertiary/aromatic N) is 2. The largest absolute Gasteiger partial charge is 0.435 e. The third-order valence-electron chi connectivity index (χ3n) is 5.67. The molecule has 0 aliphatic carbocycles. The Balaban J connectivity index is 1.44. The summed E-state index contributed by atoms with van der Waals surface area (Å²) >= 11 is 0. The second kappa shape index (κ2) is 8.27. The van der Waals surface area contributed by atoms with Crippen molar-refractivity contribution in [3.63, 3.8) is 0 Å². The Morgan fingerprint density at radius 2 is 1.75 bits per heavy atom. The van der Waals surface area contributed by atoms with E-state index in [0.717, 1.165) is 32.5 Å². The van der Waals surface area contributed by atoms with Gasteiger partial charge in [0.15, 0.2) is 0 Å². The minimum Gasteiger partial charge on any atom is -0.435 e. The molecule has 0 aromatic heterocycles. The van der Waals surface area contributed by atoms with E-state index in [1.54, 1.807) is 12.1 Å². The van der Waals surface area contributed by atoms with Crippen LogP contribution < -0.4 is 4.74 Å². The first kappa shape index (κ1) is 18.9. The Hall–Kier alpha value is -2.47. The molecule has 0 saturated carbocycles. The van der Waals surface area contributed by atoms with Crippen LogP contribution in [0.15, 0.2) is 54.6 Å². The van der Waals surface area contributed by atoms with Crippen LogP contribution in [0.3, 0.4) is 0 Å². The van der Waals surface area contributed by atoms with Gasteiger partial charge in [-0.3, -0.25) is 9.69 Å². The first-order valence-corrected chi connectivity index (χ1v) is 9.70. The Labute approximate surface area is 163 Å². The lowest BCUT2D eigenvalue weighted by Crippen LogP contribution is -2.43. The smallest absolute Gasteiger partial charge is 0.387 e. The molecular formula is C22H24F2N2O2. The van der Waals surface area contributed by atoms with Gasteiger partial charge in [-0.05, 0) is 48.6 Å². The number of hydrogen-bond acceptors (Lipinski definition) is 3. The number of hydrogen-bond donors (Lipinski definition) is 0. The zero-order valence-electron chi connectivity index (χ0n) is 15.6. The summed E-state index contributed by atoms with van der Waals surface area (Å²) in [6, 6.07) is 16.8. The van der Waals surface area contributed by atoms with Crippen molar-refractivity contribution in [3.05, 3.63) is 65.7 Å². The van der Waals surface area contributed by atoms with E-state index in [1.807, 2.05) is 11.0 Å². The van der Waals surface area contributed by atoms with E-state index >= 15 is 0 Å². The lowest BCUT2D eigenvalue weighted by molar-refractivity contribution is -0.0498. The first-order chi connectivity index (χ1) is 13.6. The highest BCUT2D eigenvalue weighted by Crippen LogP contribution is 2.30. The van der Waals surface area contributed by atoms with Gasteiger partial charge >= 0.3 is 6.61 Å². The molecule has 0 radical (unpaired) electrons. The molecule has 2 aromatic rings. The predicted molar refractivity (Wildman–Crippen MR) is 102 cm³/mol. The highest BCUT2D eigenvalue weighted by atomic mass is 19.3. The molecule has 2 bridgehead atoms. The van der Waals surface area contributed by atoms with Crippen molar-refractivity contribution in [2.45, 2.75) is 32.0 Å². The molecule has 4 nitrogen and oxygen atoms in total. The highest BCUT2D eigenvalue weighted by Gasteiger charge is 2.36. The molecule has 6 heteroatoms. The molecule has 2 aromatic carbocycles. The van der Waals surface area contributed by atoms with Crippen molar-refractivity contribution in [2.24, 2.45) is 5.92 Å². The van der Waals surface area contributed by atoms with Gasteiger partial charge in [0.1, 0.15) is 5.75 Å². The number of fused-ring (bicyclic) bond motifs is 4. The molecular weight excluding hydrogens is 362 g/mol. The number of piperidine rings is 1. The SMILES string of the molecule is O=C(c1ccc(OC(F)F)cc1)N1C[C@H]2CC[C@@H](C1)N(Cc1ccccc1)C2. The number of amides is 1. The summed E-state index contributed by atoms with van der Waals surface area (Å²) in [5.41, 5.74) is 1.81. The van der Waals surface area contributed by atoms with E-state index in [1.165, 1.54) is 17.7 Å². The van der Waals surface area contributed by atoms with Gasteiger partial charge in [0.2, 0.25) is 0 Å². The maximum absolute atomic E-state index is 13.0. The van der Waals surface area contributed by atoms with Crippen molar-refractivity contribution < 1.29 is 18.3 Å². The predicted octanol–water partition coefficient (Wildman–Crippen LogP) is 4.02. The van der Waals surface area contributed by atoms with Crippen molar-refractivity contribution in [1.29, 1.82) is 0 Å². The highest BCUT2D eigenvalue weighted by molar-refractivity contribution is 5.94. The van der Waals surface area contributed by atoms with Gasteiger partial charge in [0.25, 0.3) is 5.91 Å². The van der Waals surface area contributed by atoms with E-state index in [-0.39, 0.29) is 11.7 Å². The number of carbonyl (C=O) groups is 1. The molecule has 5 rings (SSSR count). The Bertz CT molecular complexity index is 798. The molecule has 3 aliphatic rings. The fourth-order valence-electron chi connectivity index (χ4n) is 4.32. The molecule has 3 aliphatic heterocycles. The summed E-state index contributed by atoms with van der Waals surface area (Å²) in [7, 11) is 0. The normalized spacial score (nSPS) is 22.3. The minimum absolute atomic E-state index is 0.0398. The summed E-state index contributed by atoms with van der Waals surface area (Å²) in [6.07, 6.45) is 2.24. The number of benzene rings is 2. The fraction of sp³-hybridized carbons (Fsp3) is 0.409. The number of rotatable bonds is 5. The van der Waals surface area contributed by atoms with Crippen LogP contribution in [0.1, 0.15) is 28.8 Å². The average Bonchev–Trinajstić information content (AvgIpc) is 3.00. The molecule has 2 atom stereocenters. The van der Waals surface area contributed by atoms with Gasteiger partial charge in [-0.1, -0.05) is 30.3 Å². The Morgan fingerprint density at radius 3 is 2.46 bits per heavy atom. The monoisotopic (exact) mass is 386 g/mol. The fourth-order valence-corrected chi connectivity index (χ4v) is 4.32. The molecule has 0 N–H and O–H groups in total. The first-order valence-electron chi connectivity index (χ1n) is 9.70. The minimum atomic E-state index is -2.86. The van der Waals surface area contributed by atoms with Crippen LogP contribution in [0.5, 0.6) is 5.75 Å². The summed E-state index contributed by atoms with van der Waals surface area (Å²) < 4.78 is 29.0. The average molecular weight is 386 g/mol. The molecule has 3 saturated heterocycles. The number of ether oxygens (including phenoxy) is 1. The van der Waals surface area contributed by atoms with Crippen LogP contribution in [0.4, 0.5) is 8.78 Å². The van der Waals surface area contributed by atoms with Gasteiger partial charge in [-0.15, -0.1) is 0 Å². The van der Waals surface area contributed by atoms with E-state index in [0.29, 0.717) is 24.1 Å². The van der Waals surface area contributed by atoms with Crippen LogP contribution in [-0.2, 0) is 6.54 Å². The Kier molecular flexibility index (Phi) is 5.57. The molecule has 28 heavy (non-hydrogen) atoms. The third-order valence-corrected chi connectivity index (χ3v) is 5.67. The summed E-state index contributed by atoms with van der Waals surface area (Å²) in [4.78, 5) is 17.4. The molecule has 3 heterocycles. The Morgan fingerprint density at radius 1 is 1.00 bits per heavy atom. The van der Waals surface area contributed by atoms with Gasteiger partial charge in [0, 0.05) is 37.8 Å². The second-order valence-corrected chi connectivity index (χ2v) is 7.63. The zero-order valence-corrected chi connectivity index (χ0v) is 15.6. The van der Waals surface area contributed by atoms with E-state index < -0.39 is 6.61 Å². The van der Waals surface area contributed by atoms with Gasteiger partial charge in [-0.2, -0.15) is 8.78 Å². The number of alkyl halides is 2. The van der Waals surface area contributed by atoms with Crippen molar-refractivity contribution in [3.8, 4) is 5.75 Å². The van der Waals surface area contributed by atoms with E-state index in [9.17, 15) is 13.6 Å². The topological polar surface area (TPSA) is 32.8 Å². The van der Waals surface area contributed by atoms with Crippen LogP contribution in [0, 0.1) is 5.92 Å².